The Morgan fingerprint density at radius 1 is 0.712 bits per heavy atom. The van der Waals surface area contributed by atoms with Gasteiger partial charge in [0.2, 0.25) is 11.8 Å². The number of nitrogens with one attached hydrogen (secondary N) is 2. The number of β-lactam (4-membered cyclic amide) rings is 1. The summed E-state index contributed by atoms with van der Waals surface area (Å²) in [7, 11) is 0. The number of alkyl halides is 1. The fourth-order valence-corrected chi connectivity index (χ4v) is 9.21. The van der Waals surface area contributed by atoms with E-state index in [1.54, 1.807) is 35.2 Å². The second kappa shape index (κ2) is 19.2. The van der Waals surface area contributed by atoms with Gasteiger partial charge in [-0.3, -0.25) is 19.2 Å². The maximum Gasteiger partial charge on any atom is 0.329 e. The fraction of sp³-hybridized carbons (Fsp3) is 0.255. The van der Waals surface area contributed by atoms with Crippen molar-refractivity contribution in [1.29, 1.82) is 0 Å². The molecule has 0 saturated carbocycles. The monoisotopic (exact) mass is 829 g/mol. The largest absolute Gasteiger partial charge is 0.452 e. The van der Waals surface area contributed by atoms with Crippen molar-refractivity contribution in [3.63, 3.8) is 0 Å². The van der Waals surface area contributed by atoms with E-state index in [1.165, 1.54) is 11.8 Å². The van der Waals surface area contributed by atoms with E-state index in [0.29, 0.717) is 11.3 Å². The standard InChI is InChI=1S/C47H44ClN3O7S/c48-29-47(46(56)58-41(34-21-10-3-11-22-34)35-23-12-4-13-24-35)30-51-43(54)39(44(51)59-31-47)50-38(52)28-16-27-37(49-42(53)36-25-14-5-15-26-36)45(55)57-40(32-17-6-1-7-18-32)33-19-8-2-9-20-33/h1-15,17-26,37,39-41,44H,16,27-31H2,(H,49,53)(H,50,52)/t37?,39?,44-,47?/m1/s1. The van der Waals surface area contributed by atoms with E-state index in [1.807, 2.05) is 121 Å². The number of halogens is 1. The first-order valence-corrected chi connectivity index (χ1v) is 21.1. The van der Waals surface area contributed by atoms with Gasteiger partial charge in [-0.05, 0) is 47.2 Å². The van der Waals surface area contributed by atoms with Gasteiger partial charge in [-0.1, -0.05) is 140 Å². The van der Waals surface area contributed by atoms with Crippen LogP contribution in [0.25, 0.3) is 0 Å². The van der Waals surface area contributed by atoms with E-state index >= 15 is 0 Å². The number of rotatable bonds is 16. The van der Waals surface area contributed by atoms with Crippen molar-refractivity contribution in [1.82, 2.24) is 15.5 Å². The average Bonchev–Trinajstić information content (AvgIpc) is 3.29. The van der Waals surface area contributed by atoms with Gasteiger partial charge in [-0.15, -0.1) is 23.4 Å². The summed E-state index contributed by atoms with van der Waals surface area (Å²) in [5.74, 6) is -2.04. The van der Waals surface area contributed by atoms with Crippen molar-refractivity contribution >= 4 is 53.0 Å². The summed E-state index contributed by atoms with van der Waals surface area (Å²) in [5, 5.41) is 5.29. The highest BCUT2D eigenvalue weighted by molar-refractivity contribution is 8.00. The molecule has 0 aliphatic carbocycles. The summed E-state index contributed by atoms with van der Waals surface area (Å²) in [4.78, 5) is 69.4. The second-order valence-electron chi connectivity index (χ2n) is 14.7. The Hall–Kier alpha value is -5.91. The van der Waals surface area contributed by atoms with E-state index in [9.17, 15) is 24.0 Å². The molecule has 0 spiro atoms. The molecule has 4 atom stereocenters. The normalized spacial score (nSPS) is 18.9. The summed E-state index contributed by atoms with van der Waals surface area (Å²) in [6.45, 7) is 0.0619. The van der Waals surface area contributed by atoms with Crippen LogP contribution in [0.4, 0.5) is 0 Å². The molecular formula is C47H44ClN3O7S. The van der Waals surface area contributed by atoms with E-state index < -0.39 is 47.6 Å². The predicted molar refractivity (Wildman–Crippen MR) is 226 cm³/mol. The number of esters is 2. The number of thioether (sulfide) groups is 1. The molecule has 2 N–H and O–H groups in total. The van der Waals surface area contributed by atoms with Crippen molar-refractivity contribution < 1.29 is 33.4 Å². The summed E-state index contributed by atoms with van der Waals surface area (Å²) >= 11 is 7.87. The molecule has 12 heteroatoms. The summed E-state index contributed by atoms with van der Waals surface area (Å²) in [6.07, 6.45) is -1.06. The summed E-state index contributed by atoms with van der Waals surface area (Å²) < 4.78 is 12.3. The van der Waals surface area contributed by atoms with E-state index in [0.717, 1.165) is 22.3 Å². The molecule has 5 aromatic carbocycles. The SMILES string of the molecule is O=C(CCCC(NC(=O)c1ccccc1)C(=O)OC(c1ccccc1)c1ccccc1)NC1C(=O)N2CC(CCl)(C(=O)OC(c3ccccc3)c3ccccc3)CS[C@H]12. The molecule has 3 unspecified atom stereocenters. The molecule has 2 saturated heterocycles. The second-order valence-corrected chi connectivity index (χ2v) is 16.0. The van der Waals surface area contributed by atoms with Crippen LogP contribution in [0.2, 0.25) is 0 Å². The van der Waals surface area contributed by atoms with Gasteiger partial charge in [0.05, 0.1) is 0 Å². The highest BCUT2D eigenvalue weighted by Crippen LogP contribution is 2.44. The number of benzene rings is 5. The van der Waals surface area contributed by atoms with Crippen LogP contribution in [0.1, 0.15) is 64.1 Å². The molecule has 0 aromatic heterocycles. The number of nitrogens with zero attached hydrogens (tertiary/aromatic N) is 1. The van der Waals surface area contributed by atoms with Crippen LogP contribution in [-0.4, -0.2) is 70.2 Å². The van der Waals surface area contributed by atoms with Crippen LogP contribution in [0.3, 0.4) is 0 Å². The van der Waals surface area contributed by atoms with Gasteiger partial charge in [0.1, 0.15) is 22.9 Å². The lowest BCUT2D eigenvalue weighted by molar-refractivity contribution is -0.164. The highest BCUT2D eigenvalue weighted by Gasteiger charge is 2.58. The third-order valence-electron chi connectivity index (χ3n) is 10.5. The zero-order chi connectivity index (χ0) is 41.2. The van der Waals surface area contributed by atoms with E-state index in [2.05, 4.69) is 10.6 Å². The minimum atomic E-state index is -1.15. The number of amides is 3. The van der Waals surface area contributed by atoms with Crippen molar-refractivity contribution in [3.8, 4) is 0 Å². The van der Waals surface area contributed by atoms with Gasteiger partial charge in [0.15, 0.2) is 12.2 Å². The molecule has 0 radical (unpaired) electrons. The molecule has 5 aromatic rings. The number of hydrogen-bond acceptors (Lipinski definition) is 8. The first-order chi connectivity index (χ1) is 28.8. The molecule has 10 nitrogen and oxygen atoms in total. The van der Waals surface area contributed by atoms with Crippen molar-refractivity contribution in [2.45, 2.75) is 48.9 Å². The number of ether oxygens (including phenoxy) is 2. The van der Waals surface area contributed by atoms with Crippen molar-refractivity contribution in [2.24, 2.45) is 5.41 Å². The molecule has 2 heterocycles. The Bertz CT molecular complexity index is 2140. The van der Waals surface area contributed by atoms with Gasteiger partial charge < -0.3 is 25.0 Å². The van der Waals surface area contributed by atoms with Crippen LogP contribution >= 0.6 is 23.4 Å². The first kappa shape index (κ1) is 41.3. The zero-order valence-electron chi connectivity index (χ0n) is 32.2. The van der Waals surface area contributed by atoms with E-state index in [-0.39, 0.29) is 48.9 Å². The predicted octanol–water partition coefficient (Wildman–Crippen LogP) is 7.25. The Balaban J connectivity index is 0.968. The van der Waals surface area contributed by atoms with Gasteiger partial charge >= 0.3 is 11.9 Å². The van der Waals surface area contributed by atoms with Crippen LogP contribution in [0.5, 0.6) is 0 Å². The maximum atomic E-state index is 13.9. The lowest BCUT2D eigenvalue weighted by Gasteiger charge is -2.53. The van der Waals surface area contributed by atoms with Gasteiger partial charge in [-0.25, -0.2) is 4.79 Å². The minimum absolute atomic E-state index is 0.00867. The smallest absolute Gasteiger partial charge is 0.329 e. The highest BCUT2D eigenvalue weighted by atomic mass is 35.5. The van der Waals surface area contributed by atoms with Crippen LogP contribution in [0, 0.1) is 5.41 Å². The molecule has 3 amide bonds. The third-order valence-corrected chi connectivity index (χ3v) is 12.6. The molecule has 59 heavy (non-hydrogen) atoms. The molecule has 2 aliphatic rings. The Labute approximate surface area is 352 Å². The molecular weight excluding hydrogens is 786 g/mol. The first-order valence-electron chi connectivity index (χ1n) is 19.5. The van der Waals surface area contributed by atoms with Gasteiger partial charge in [-0.2, -0.15) is 0 Å². The minimum Gasteiger partial charge on any atom is -0.452 e. The zero-order valence-corrected chi connectivity index (χ0v) is 33.7. The number of hydrogen-bond donors (Lipinski definition) is 2. The molecule has 0 bridgehead atoms. The molecule has 7 rings (SSSR count). The molecule has 2 fully saturated rings. The van der Waals surface area contributed by atoms with Crippen LogP contribution in [-0.2, 0) is 28.7 Å². The summed E-state index contributed by atoms with van der Waals surface area (Å²) in [6, 6.07) is 44.3. The lowest BCUT2D eigenvalue weighted by Crippen LogP contribution is -2.74. The lowest BCUT2D eigenvalue weighted by atomic mass is 9.88. The van der Waals surface area contributed by atoms with Gasteiger partial charge in [0.25, 0.3) is 5.91 Å². The quantitative estimate of drug-likeness (QED) is 0.0605. The number of carbonyl (C=O) groups is 5. The van der Waals surface area contributed by atoms with Crippen molar-refractivity contribution in [3.05, 3.63) is 179 Å². The third kappa shape index (κ3) is 9.70. The Morgan fingerprint density at radius 3 is 1.68 bits per heavy atom. The number of carbonyl (C=O) groups excluding carboxylic acids is 5. The van der Waals surface area contributed by atoms with Crippen LogP contribution < -0.4 is 10.6 Å². The maximum absolute atomic E-state index is 13.9. The van der Waals surface area contributed by atoms with E-state index in [4.69, 9.17) is 21.1 Å². The molecule has 2 aliphatic heterocycles. The number of fused-ring (bicyclic) bond motifs is 1. The fourth-order valence-electron chi connectivity index (χ4n) is 7.28. The average molecular weight is 830 g/mol. The summed E-state index contributed by atoms with van der Waals surface area (Å²) in [5.41, 5.74) is 2.38. The Kier molecular flexibility index (Phi) is 13.4. The van der Waals surface area contributed by atoms with Crippen LogP contribution in [0.15, 0.2) is 152 Å². The molecule has 302 valence electrons. The Morgan fingerprint density at radius 2 is 1.19 bits per heavy atom. The topological polar surface area (TPSA) is 131 Å². The van der Waals surface area contributed by atoms with Gasteiger partial charge in [0, 0.05) is 30.2 Å². The van der Waals surface area contributed by atoms with Crippen molar-refractivity contribution in [2.75, 3.05) is 18.2 Å².